The molecule has 7 nitrogen and oxygen atoms in total. The van der Waals surface area contributed by atoms with Crippen LogP contribution in [0.25, 0.3) is 10.9 Å². The third-order valence-electron chi connectivity index (χ3n) is 9.22. The van der Waals surface area contributed by atoms with Gasteiger partial charge in [-0.3, -0.25) is 0 Å². The van der Waals surface area contributed by atoms with Gasteiger partial charge in [0.25, 0.3) is 0 Å². The van der Waals surface area contributed by atoms with Crippen LogP contribution in [-0.2, 0) is 20.7 Å². The Hall–Kier alpha value is -3.63. The summed E-state index contributed by atoms with van der Waals surface area (Å²) in [5.74, 6) is 0.422. The summed E-state index contributed by atoms with van der Waals surface area (Å²) in [6.45, 7) is 5.59. The summed E-state index contributed by atoms with van der Waals surface area (Å²) in [4.78, 5) is 18.7. The number of hydrogen-bond donors (Lipinski definition) is 0. The fourth-order valence-electron chi connectivity index (χ4n) is 6.43. The van der Waals surface area contributed by atoms with Gasteiger partial charge in [0.15, 0.2) is 0 Å². The van der Waals surface area contributed by atoms with Crippen molar-refractivity contribution >= 4 is 34.5 Å². The molecule has 10 heteroatoms. The molecule has 262 valence electrons. The molecule has 0 bridgehead atoms. The van der Waals surface area contributed by atoms with E-state index in [9.17, 15) is 13.6 Å². The highest BCUT2D eigenvalue weighted by Gasteiger charge is 2.35. The number of alkyl halides is 2. The average Bonchev–Trinajstić information content (AvgIpc) is 3.11. The normalized spacial score (nSPS) is 15.0. The summed E-state index contributed by atoms with van der Waals surface area (Å²) in [6.07, 6.45) is 3.38. The van der Waals surface area contributed by atoms with Gasteiger partial charge in [-0.05, 0) is 65.8 Å². The molecule has 1 aliphatic heterocycles. The first-order valence-corrected chi connectivity index (χ1v) is 17.4. The van der Waals surface area contributed by atoms with Crippen LogP contribution in [0, 0.1) is 0 Å². The number of nitrogens with zero attached hydrogens (tertiary/aromatic N) is 3. The number of benzene rings is 3. The highest BCUT2D eigenvalue weighted by Crippen LogP contribution is 2.38. The van der Waals surface area contributed by atoms with Gasteiger partial charge in [-0.15, -0.1) is 0 Å². The molecule has 0 spiro atoms. The number of piperidine rings is 1. The Morgan fingerprint density at radius 3 is 2.16 bits per heavy atom. The van der Waals surface area contributed by atoms with Gasteiger partial charge >= 0.3 is 6.05 Å². The van der Waals surface area contributed by atoms with Crippen LogP contribution < -0.4 is 9.64 Å². The number of fused-ring (bicyclic) bond motifs is 1. The van der Waals surface area contributed by atoms with Gasteiger partial charge < -0.3 is 23.9 Å². The molecule has 0 saturated carbocycles. The molecule has 4 aromatic rings. The molecular formula is C39H46ClF2N3O4. The second-order valence-corrected chi connectivity index (χ2v) is 13.0. The van der Waals surface area contributed by atoms with Crippen molar-refractivity contribution in [1.82, 2.24) is 9.88 Å². The summed E-state index contributed by atoms with van der Waals surface area (Å²) in [5.41, 5.74) is 6.39. The topological polar surface area (TPSA) is 64.1 Å². The van der Waals surface area contributed by atoms with Crippen LogP contribution in [0.15, 0.2) is 72.8 Å². The molecule has 0 amide bonds. The van der Waals surface area contributed by atoms with E-state index in [0.717, 1.165) is 47.3 Å². The van der Waals surface area contributed by atoms with E-state index < -0.39 is 6.05 Å². The minimum absolute atomic E-state index is 0.0451. The van der Waals surface area contributed by atoms with Gasteiger partial charge in [0.1, 0.15) is 12.9 Å². The summed E-state index contributed by atoms with van der Waals surface area (Å²) < 4.78 is 45.3. The predicted molar refractivity (Wildman–Crippen MR) is 191 cm³/mol. The Balaban J connectivity index is 1.45. The van der Waals surface area contributed by atoms with E-state index in [-0.39, 0.29) is 12.0 Å². The third kappa shape index (κ3) is 9.75. The highest BCUT2D eigenvalue weighted by molar-refractivity contribution is 6.30. The van der Waals surface area contributed by atoms with Crippen molar-refractivity contribution in [3.8, 4) is 5.88 Å². The second-order valence-electron chi connectivity index (χ2n) is 12.5. The van der Waals surface area contributed by atoms with Gasteiger partial charge in [-0.2, -0.15) is 8.78 Å². The van der Waals surface area contributed by atoms with E-state index in [1.165, 1.54) is 16.0 Å². The van der Waals surface area contributed by atoms with Crippen LogP contribution in [0.3, 0.4) is 0 Å². The monoisotopic (exact) mass is 693 g/mol. The van der Waals surface area contributed by atoms with Crippen molar-refractivity contribution in [2.75, 3.05) is 58.1 Å². The van der Waals surface area contributed by atoms with E-state index >= 15 is 0 Å². The number of aromatic nitrogens is 1. The molecule has 3 aromatic carbocycles. The van der Waals surface area contributed by atoms with Crippen molar-refractivity contribution in [3.63, 3.8) is 0 Å². The van der Waals surface area contributed by atoms with Crippen molar-refractivity contribution in [2.45, 2.75) is 57.5 Å². The molecule has 1 aliphatic rings. The number of anilines is 1. The van der Waals surface area contributed by atoms with Crippen LogP contribution in [0.1, 0.15) is 61.3 Å². The second kappa shape index (κ2) is 17.3. The summed E-state index contributed by atoms with van der Waals surface area (Å²) >= 11 is 6.29. The van der Waals surface area contributed by atoms with E-state index in [1.54, 1.807) is 0 Å². The molecule has 0 aliphatic carbocycles. The number of pyridine rings is 1. The average molecular weight is 694 g/mol. The lowest BCUT2D eigenvalue weighted by Gasteiger charge is -2.40. The first-order valence-electron chi connectivity index (χ1n) is 17.0. The zero-order valence-electron chi connectivity index (χ0n) is 28.5. The summed E-state index contributed by atoms with van der Waals surface area (Å²) in [6, 6.07) is 22.3. The number of carbonyl (C=O) groups is 1. The molecule has 0 N–H and O–H groups in total. The SMILES string of the molecule is CCc1ccc(C(c2ccc(Cl)cc2)c2ccc3nc(OCCOCCOCCC=O)cc(N(C)C4CCN(C(C)(F)F)CC4)c3c2)cc1. The predicted octanol–water partition coefficient (Wildman–Crippen LogP) is 8.15. The Morgan fingerprint density at radius 2 is 1.53 bits per heavy atom. The molecule has 49 heavy (non-hydrogen) atoms. The van der Waals surface area contributed by atoms with Crippen molar-refractivity contribution in [2.24, 2.45) is 0 Å². The summed E-state index contributed by atoms with van der Waals surface area (Å²) in [5, 5.41) is 1.65. The molecule has 1 unspecified atom stereocenters. The quantitative estimate of drug-likeness (QED) is 0.0479. The maximum absolute atomic E-state index is 14.1. The zero-order valence-corrected chi connectivity index (χ0v) is 29.3. The first kappa shape index (κ1) is 36.6. The molecule has 2 heterocycles. The minimum Gasteiger partial charge on any atom is -0.475 e. The van der Waals surface area contributed by atoms with Crippen LogP contribution in [0.4, 0.5) is 14.5 Å². The number of ether oxygens (including phenoxy) is 3. The van der Waals surface area contributed by atoms with Crippen molar-refractivity contribution in [3.05, 3.63) is 100 Å². The molecular weight excluding hydrogens is 648 g/mol. The van der Waals surface area contributed by atoms with E-state index in [2.05, 4.69) is 60.4 Å². The largest absolute Gasteiger partial charge is 0.475 e. The number of hydrogen-bond acceptors (Lipinski definition) is 7. The number of likely N-dealkylation sites (tertiary alicyclic amines) is 1. The standard InChI is InChI=1S/C39H46ClF2N3O4/c1-4-28-6-8-29(9-7-28)38(30-10-13-32(40)14-11-30)31-12-15-35-34(26-31)36(44(3)33-16-18-45(19-17-33)39(2,41)42)27-37(43-35)49-25-24-48-23-22-47-21-5-20-46/h6-15,20,26-27,33,38H,4-5,16-19,21-25H2,1-3H3. The minimum atomic E-state index is -2.83. The lowest BCUT2D eigenvalue weighted by atomic mass is 9.84. The lowest BCUT2D eigenvalue weighted by Crippen LogP contribution is -2.49. The maximum Gasteiger partial charge on any atom is 0.302 e. The molecule has 1 atom stereocenters. The van der Waals surface area contributed by atoms with Crippen molar-refractivity contribution in [1.29, 1.82) is 0 Å². The molecule has 5 rings (SSSR count). The van der Waals surface area contributed by atoms with E-state index in [4.69, 9.17) is 30.8 Å². The van der Waals surface area contributed by atoms with Gasteiger partial charge in [0.05, 0.1) is 37.6 Å². The Bertz CT molecular complexity index is 1640. The van der Waals surface area contributed by atoms with Gasteiger partial charge in [-0.1, -0.05) is 61.0 Å². The Morgan fingerprint density at radius 1 is 0.918 bits per heavy atom. The number of halogens is 3. The number of aryl methyl sites for hydroxylation is 1. The Labute approximate surface area is 293 Å². The highest BCUT2D eigenvalue weighted by atomic mass is 35.5. The molecule has 1 aromatic heterocycles. The van der Waals surface area contributed by atoms with Crippen molar-refractivity contribution < 1.29 is 27.8 Å². The van der Waals surface area contributed by atoms with Gasteiger partial charge in [0.2, 0.25) is 5.88 Å². The smallest absolute Gasteiger partial charge is 0.302 e. The van der Waals surface area contributed by atoms with Gasteiger partial charge in [0, 0.05) is 61.9 Å². The fraction of sp³-hybridized carbons (Fsp3) is 0.436. The van der Waals surface area contributed by atoms with Crippen LogP contribution >= 0.6 is 11.6 Å². The zero-order chi connectivity index (χ0) is 34.8. The van der Waals surface area contributed by atoms with E-state index in [0.29, 0.717) is 76.3 Å². The molecule has 1 fully saturated rings. The van der Waals surface area contributed by atoms with Crippen LogP contribution in [0.2, 0.25) is 5.02 Å². The van der Waals surface area contributed by atoms with Gasteiger partial charge in [-0.25, -0.2) is 9.88 Å². The van der Waals surface area contributed by atoms with E-state index in [1.807, 2.05) is 31.3 Å². The summed E-state index contributed by atoms with van der Waals surface area (Å²) in [7, 11) is 2.03. The number of aldehydes is 1. The number of carbonyl (C=O) groups excluding carboxylic acids is 1. The lowest BCUT2D eigenvalue weighted by molar-refractivity contribution is -0.138. The molecule has 1 saturated heterocycles. The maximum atomic E-state index is 14.1. The van der Waals surface area contributed by atoms with Crippen LogP contribution in [0.5, 0.6) is 5.88 Å². The Kier molecular flexibility index (Phi) is 13.0. The third-order valence-corrected chi connectivity index (χ3v) is 9.47. The molecule has 0 radical (unpaired) electrons. The van der Waals surface area contributed by atoms with Crippen LogP contribution in [-0.4, -0.2) is 81.4 Å². The fourth-order valence-corrected chi connectivity index (χ4v) is 6.55. The number of rotatable bonds is 17. The first-order chi connectivity index (χ1) is 23.7.